The van der Waals surface area contributed by atoms with Crippen molar-refractivity contribution in [3.63, 3.8) is 0 Å². The zero-order valence-corrected chi connectivity index (χ0v) is 13.7. The highest BCUT2D eigenvalue weighted by atomic mass is 16.7. The van der Waals surface area contributed by atoms with E-state index in [1.54, 1.807) is 19.1 Å². The van der Waals surface area contributed by atoms with Crippen LogP contribution in [0.5, 0.6) is 11.5 Å². The fourth-order valence-corrected chi connectivity index (χ4v) is 3.36. The molecule has 0 amide bonds. The minimum absolute atomic E-state index is 0.0895. The van der Waals surface area contributed by atoms with E-state index in [0.29, 0.717) is 29.0 Å². The molecule has 1 aromatic carbocycles. The van der Waals surface area contributed by atoms with Crippen molar-refractivity contribution in [2.24, 2.45) is 11.8 Å². The minimum atomic E-state index is -0.850. The van der Waals surface area contributed by atoms with Crippen LogP contribution in [0.4, 0.5) is 0 Å². The molecule has 0 radical (unpaired) electrons. The molecule has 1 aromatic rings. The molecule has 1 saturated heterocycles. The third-order valence-corrected chi connectivity index (χ3v) is 4.79. The lowest BCUT2D eigenvalue weighted by atomic mass is 9.70. The Hall–Kier alpha value is -1.92. The van der Waals surface area contributed by atoms with E-state index in [2.05, 4.69) is 0 Å². The number of ether oxygens (including phenoxy) is 4. The summed E-state index contributed by atoms with van der Waals surface area (Å²) in [5.74, 6) is -1.17. The second-order valence-corrected chi connectivity index (χ2v) is 6.05. The molecule has 0 unspecified atom stereocenters. The second-order valence-electron chi connectivity index (χ2n) is 6.05. The summed E-state index contributed by atoms with van der Waals surface area (Å²) in [6, 6.07) is 3.22. The first kappa shape index (κ1) is 16.0. The summed E-state index contributed by atoms with van der Waals surface area (Å²) in [6.07, 6.45) is 0.345. The molecule has 0 N–H and O–H groups in total. The van der Waals surface area contributed by atoms with E-state index in [-0.39, 0.29) is 18.2 Å². The van der Waals surface area contributed by atoms with Gasteiger partial charge >= 0.3 is 0 Å². The Morgan fingerprint density at radius 1 is 1.09 bits per heavy atom. The van der Waals surface area contributed by atoms with Gasteiger partial charge in [0.05, 0.1) is 32.3 Å². The molecular formula is C17H20O6. The van der Waals surface area contributed by atoms with Crippen molar-refractivity contribution in [3.05, 3.63) is 23.3 Å². The summed E-state index contributed by atoms with van der Waals surface area (Å²) in [5, 5.41) is 0. The average Bonchev–Trinajstić information content (AvgIpc) is 2.58. The Balaban J connectivity index is 2.11. The molecule has 1 fully saturated rings. The van der Waals surface area contributed by atoms with Crippen LogP contribution in [-0.4, -0.2) is 45.3 Å². The van der Waals surface area contributed by atoms with Crippen LogP contribution in [0, 0.1) is 11.8 Å². The van der Waals surface area contributed by atoms with E-state index in [9.17, 15) is 9.59 Å². The Kier molecular flexibility index (Phi) is 3.90. The van der Waals surface area contributed by atoms with Crippen LogP contribution in [0.25, 0.3) is 0 Å². The maximum atomic E-state index is 13.0. The fraction of sp³-hybridized carbons (Fsp3) is 0.529. The maximum absolute atomic E-state index is 13.0. The maximum Gasteiger partial charge on any atom is 0.173 e. The summed E-state index contributed by atoms with van der Waals surface area (Å²) in [7, 11) is 4.52. The van der Waals surface area contributed by atoms with Crippen molar-refractivity contribution < 1.29 is 28.5 Å². The highest BCUT2D eigenvalue weighted by molar-refractivity contribution is 6.17. The van der Waals surface area contributed by atoms with Gasteiger partial charge in [0.25, 0.3) is 0 Å². The molecule has 1 heterocycles. The van der Waals surface area contributed by atoms with Crippen LogP contribution < -0.4 is 9.47 Å². The quantitative estimate of drug-likeness (QED) is 0.849. The molecule has 0 saturated carbocycles. The van der Waals surface area contributed by atoms with Crippen LogP contribution in [-0.2, 0) is 9.47 Å². The normalized spacial score (nSPS) is 29.7. The van der Waals surface area contributed by atoms with Crippen LogP contribution >= 0.6 is 0 Å². The number of methoxy groups -OCH3 is 3. The topological polar surface area (TPSA) is 71.1 Å². The Bertz CT molecular complexity index is 667. The predicted molar refractivity (Wildman–Crippen MR) is 81.2 cm³/mol. The zero-order chi connectivity index (χ0) is 16.8. The molecule has 2 aliphatic rings. The lowest BCUT2D eigenvalue weighted by Gasteiger charge is -2.42. The molecule has 3 atom stereocenters. The number of fused-ring (bicyclic) bond motifs is 2. The number of hydrogen-bond donors (Lipinski definition) is 0. The molecule has 6 nitrogen and oxygen atoms in total. The van der Waals surface area contributed by atoms with Crippen molar-refractivity contribution >= 4 is 11.6 Å². The smallest absolute Gasteiger partial charge is 0.173 e. The summed E-state index contributed by atoms with van der Waals surface area (Å²) < 4.78 is 21.5. The summed E-state index contributed by atoms with van der Waals surface area (Å²) in [4.78, 5) is 25.8. The zero-order valence-electron chi connectivity index (χ0n) is 13.7. The molecule has 3 rings (SSSR count). The van der Waals surface area contributed by atoms with E-state index >= 15 is 0 Å². The third kappa shape index (κ3) is 2.42. The van der Waals surface area contributed by atoms with E-state index in [1.807, 2.05) is 0 Å². The number of rotatable bonds is 3. The van der Waals surface area contributed by atoms with E-state index in [1.165, 1.54) is 21.3 Å². The Morgan fingerprint density at radius 2 is 1.83 bits per heavy atom. The Morgan fingerprint density at radius 3 is 2.43 bits per heavy atom. The van der Waals surface area contributed by atoms with E-state index in [0.717, 1.165) is 0 Å². The molecule has 1 aliphatic carbocycles. The van der Waals surface area contributed by atoms with Gasteiger partial charge in [-0.1, -0.05) is 0 Å². The van der Waals surface area contributed by atoms with Crippen LogP contribution in [0.15, 0.2) is 12.1 Å². The van der Waals surface area contributed by atoms with Crippen molar-refractivity contribution in [1.29, 1.82) is 0 Å². The molecule has 6 heteroatoms. The lowest BCUT2D eigenvalue weighted by Crippen LogP contribution is -2.50. The van der Waals surface area contributed by atoms with Gasteiger partial charge in [0.2, 0.25) is 0 Å². The van der Waals surface area contributed by atoms with Crippen molar-refractivity contribution in [2.75, 3.05) is 27.9 Å². The van der Waals surface area contributed by atoms with Gasteiger partial charge in [0, 0.05) is 31.1 Å². The fourth-order valence-electron chi connectivity index (χ4n) is 3.36. The van der Waals surface area contributed by atoms with Gasteiger partial charge in [-0.15, -0.1) is 0 Å². The van der Waals surface area contributed by atoms with E-state index < -0.39 is 17.6 Å². The van der Waals surface area contributed by atoms with Gasteiger partial charge in [0.1, 0.15) is 11.5 Å². The molecule has 23 heavy (non-hydrogen) atoms. The highest BCUT2D eigenvalue weighted by Gasteiger charge is 2.50. The number of Topliss-reactive ketones (excluding diaryl/α,β-unsaturated/α-hetero) is 2. The summed E-state index contributed by atoms with van der Waals surface area (Å²) in [5.41, 5.74) is 0.678. The third-order valence-electron chi connectivity index (χ3n) is 4.79. The van der Waals surface area contributed by atoms with Crippen LogP contribution in [0.1, 0.15) is 34.1 Å². The highest BCUT2D eigenvalue weighted by Crippen LogP contribution is 2.44. The number of hydrogen-bond acceptors (Lipinski definition) is 6. The molecule has 1 aliphatic heterocycles. The molecule has 0 bridgehead atoms. The van der Waals surface area contributed by atoms with Crippen molar-refractivity contribution in [3.8, 4) is 11.5 Å². The summed E-state index contributed by atoms with van der Waals surface area (Å²) in [6.45, 7) is 1.94. The number of carbonyl (C=O) groups excluding carboxylic acids is 2. The van der Waals surface area contributed by atoms with Gasteiger partial charge in [-0.2, -0.15) is 0 Å². The molecular weight excluding hydrogens is 300 g/mol. The predicted octanol–water partition coefficient (Wildman–Crippen LogP) is 2.10. The van der Waals surface area contributed by atoms with Gasteiger partial charge in [-0.25, -0.2) is 0 Å². The number of ketones is 2. The summed E-state index contributed by atoms with van der Waals surface area (Å²) >= 11 is 0. The van der Waals surface area contributed by atoms with Gasteiger partial charge < -0.3 is 18.9 Å². The first-order valence-corrected chi connectivity index (χ1v) is 7.47. The van der Waals surface area contributed by atoms with Crippen LogP contribution in [0.2, 0.25) is 0 Å². The van der Waals surface area contributed by atoms with Gasteiger partial charge in [-0.05, 0) is 13.0 Å². The molecule has 124 valence electrons. The number of benzene rings is 1. The first-order valence-electron chi connectivity index (χ1n) is 7.47. The van der Waals surface area contributed by atoms with E-state index in [4.69, 9.17) is 18.9 Å². The minimum Gasteiger partial charge on any atom is -0.497 e. The lowest BCUT2D eigenvalue weighted by molar-refractivity contribution is -0.244. The van der Waals surface area contributed by atoms with Crippen molar-refractivity contribution in [1.82, 2.24) is 0 Å². The van der Waals surface area contributed by atoms with Gasteiger partial charge in [0.15, 0.2) is 17.4 Å². The molecule has 0 spiro atoms. The average molecular weight is 320 g/mol. The van der Waals surface area contributed by atoms with Crippen molar-refractivity contribution in [2.45, 2.75) is 19.1 Å². The molecule has 0 aromatic heterocycles. The second kappa shape index (κ2) is 5.62. The largest absolute Gasteiger partial charge is 0.497 e. The monoisotopic (exact) mass is 320 g/mol. The standard InChI is InChI=1S/C17H20O6/c1-17(22-4)7-11-12(8-23-17)16(19)14-10(15(11)18)5-9(20-2)6-13(14)21-3/h5-6,11-12H,7-8H2,1-4H3/t11-,12-,17+/m0/s1. The van der Waals surface area contributed by atoms with Gasteiger partial charge in [-0.3, -0.25) is 9.59 Å². The van der Waals surface area contributed by atoms with Crippen LogP contribution in [0.3, 0.4) is 0 Å². The Labute approximate surface area is 134 Å². The first-order chi connectivity index (χ1) is 10.9. The number of carbonyl (C=O) groups is 2. The SMILES string of the molecule is COc1cc(OC)c2c(c1)C(=O)[C@H]1C[C@](C)(OC)OC[C@@H]1C2=O.